The van der Waals surface area contributed by atoms with Gasteiger partial charge in [0.2, 0.25) is 0 Å². The van der Waals surface area contributed by atoms with Crippen LogP contribution in [0.4, 0.5) is 0 Å². The summed E-state index contributed by atoms with van der Waals surface area (Å²) in [4.78, 5) is 12.6. The second kappa shape index (κ2) is 3.52. The topological polar surface area (TPSA) is 29.1 Å². The van der Waals surface area contributed by atoms with Crippen molar-refractivity contribution < 1.29 is 4.79 Å². The minimum Gasteiger partial charge on any atom is -0.306 e. The van der Waals surface area contributed by atoms with Crippen molar-refractivity contribution in [1.82, 2.24) is 5.32 Å². The summed E-state index contributed by atoms with van der Waals surface area (Å²) in [5.74, 6) is 0.203. The lowest BCUT2D eigenvalue weighted by atomic mass is 10.0. The maximum absolute atomic E-state index is 11.4. The van der Waals surface area contributed by atoms with Crippen LogP contribution in [-0.2, 0) is 6.54 Å². The Labute approximate surface area is 81.7 Å². The third-order valence-corrected chi connectivity index (χ3v) is 2.94. The van der Waals surface area contributed by atoms with Gasteiger partial charge in [-0.2, -0.15) is 0 Å². The molecule has 0 amide bonds. The predicted molar refractivity (Wildman–Crippen MR) is 54.3 cm³/mol. The number of hydrogen-bond donors (Lipinski definition) is 1. The Kier molecular flexibility index (Phi) is 2.38. The molecular formula is C10H11NOS. The number of ketones is 1. The fraction of sp³-hybridized carbons (Fsp3) is 0.300. The normalized spacial score (nSPS) is 15.6. The molecule has 1 aromatic rings. The van der Waals surface area contributed by atoms with E-state index in [1.54, 1.807) is 11.8 Å². The highest BCUT2D eigenvalue weighted by Gasteiger charge is 2.15. The Bertz CT molecular complexity index is 349. The van der Waals surface area contributed by atoms with Crippen LogP contribution in [0.5, 0.6) is 0 Å². The van der Waals surface area contributed by atoms with Gasteiger partial charge >= 0.3 is 0 Å². The zero-order chi connectivity index (χ0) is 9.26. The highest BCUT2D eigenvalue weighted by Crippen LogP contribution is 2.21. The fourth-order valence-electron chi connectivity index (χ4n) is 1.52. The van der Waals surface area contributed by atoms with Crippen LogP contribution in [0.2, 0.25) is 0 Å². The molecule has 0 bridgehead atoms. The molecule has 0 atom stereocenters. The maximum Gasteiger partial charge on any atom is 0.176 e. The van der Waals surface area contributed by atoms with Gasteiger partial charge in [0.05, 0.1) is 6.54 Å². The number of thioether (sulfide) groups is 1. The number of fused-ring (bicyclic) bond motifs is 1. The van der Waals surface area contributed by atoms with Gasteiger partial charge in [0, 0.05) is 17.0 Å². The van der Waals surface area contributed by atoms with E-state index in [1.807, 2.05) is 18.4 Å². The number of nitrogens with one attached hydrogen (secondary N) is 1. The summed E-state index contributed by atoms with van der Waals surface area (Å²) in [7, 11) is 0. The second-order valence-electron chi connectivity index (χ2n) is 3.05. The molecule has 1 heterocycles. The van der Waals surface area contributed by atoms with Crippen LogP contribution in [0.1, 0.15) is 15.9 Å². The minimum atomic E-state index is 0.203. The van der Waals surface area contributed by atoms with Crippen molar-refractivity contribution in [2.75, 3.05) is 12.8 Å². The van der Waals surface area contributed by atoms with Gasteiger partial charge in [0.15, 0.2) is 5.78 Å². The molecule has 0 spiro atoms. The van der Waals surface area contributed by atoms with Gasteiger partial charge in [-0.25, -0.2) is 0 Å². The number of benzene rings is 1. The zero-order valence-electron chi connectivity index (χ0n) is 7.46. The van der Waals surface area contributed by atoms with Crippen molar-refractivity contribution in [1.29, 1.82) is 0 Å². The molecule has 3 heteroatoms. The fourth-order valence-corrected chi connectivity index (χ4v) is 1.99. The number of rotatable bonds is 1. The van der Waals surface area contributed by atoms with Gasteiger partial charge in [-0.05, 0) is 30.0 Å². The Morgan fingerprint density at radius 2 is 2.23 bits per heavy atom. The first-order chi connectivity index (χ1) is 6.31. The van der Waals surface area contributed by atoms with Crippen molar-refractivity contribution >= 4 is 17.5 Å². The van der Waals surface area contributed by atoms with Gasteiger partial charge in [-0.3, -0.25) is 4.79 Å². The van der Waals surface area contributed by atoms with Crippen molar-refractivity contribution in [2.45, 2.75) is 11.4 Å². The molecule has 1 N–H and O–H groups in total. The summed E-state index contributed by atoms with van der Waals surface area (Å²) in [6, 6.07) is 6.03. The van der Waals surface area contributed by atoms with Crippen molar-refractivity contribution in [2.24, 2.45) is 0 Å². The first-order valence-electron chi connectivity index (χ1n) is 4.22. The minimum absolute atomic E-state index is 0.203. The standard InChI is InChI=1S/C10H11NOS/c1-13-8-2-3-9-7(4-8)5-11-6-10(9)12/h2-4,11H,5-6H2,1H3. The van der Waals surface area contributed by atoms with Crippen LogP contribution >= 0.6 is 11.8 Å². The Hall–Kier alpha value is -0.800. The highest BCUT2D eigenvalue weighted by molar-refractivity contribution is 7.98. The molecule has 0 unspecified atom stereocenters. The lowest BCUT2D eigenvalue weighted by molar-refractivity contribution is 0.0982. The van der Waals surface area contributed by atoms with Gasteiger partial charge in [-0.15, -0.1) is 11.8 Å². The molecule has 0 radical (unpaired) electrons. The molecule has 0 saturated carbocycles. The monoisotopic (exact) mass is 193 g/mol. The zero-order valence-corrected chi connectivity index (χ0v) is 8.28. The summed E-state index contributed by atoms with van der Waals surface area (Å²) >= 11 is 1.70. The van der Waals surface area contributed by atoms with E-state index in [0.29, 0.717) is 6.54 Å². The predicted octanol–water partition coefficient (Wildman–Crippen LogP) is 1.69. The Morgan fingerprint density at radius 1 is 1.38 bits per heavy atom. The van der Waals surface area contributed by atoms with Crippen LogP contribution in [0.3, 0.4) is 0 Å². The summed E-state index contributed by atoms with van der Waals surface area (Å²) in [6.07, 6.45) is 2.04. The average molecular weight is 193 g/mol. The second-order valence-corrected chi connectivity index (χ2v) is 3.93. The average Bonchev–Trinajstić information content (AvgIpc) is 2.18. The molecule has 68 valence electrons. The summed E-state index contributed by atoms with van der Waals surface area (Å²) in [5.41, 5.74) is 2.01. The lowest BCUT2D eigenvalue weighted by Crippen LogP contribution is -2.29. The van der Waals surface area contributed by atoms with Gasteiger partial charge in [0.25, 0.3) is 0 Å². The Morgan fingerprint density at radius 3 is 3.00 bits per heavy atom. The summed E-state index contributed by atoms with van der Waals surface area (Å²) in [5, 5.41) is 3.08. The van der Waals surface area contributed by atoms with Crippen molar-refractivity contribution in [3.05, 3.63) is 29.3 Å². The van der Waals surface area contributed by atoms with E-state index < -0.39 is 0 Å². The molecule has 1 aliphatic heterocycles. The third kappa shape index (κ3) is 1.62. The molecule has 0 saturated heterocycles. The first kappa shape index (κ1) is 8.78. The van der Waals surface area contributed by atoms with E-state index in [4.69, 9.17) is 0 Å². The lowest BCUT2D eigenvalue weighted by Gasteiger charge is -2.16. The molecule has 1 aliphatic rings. The van der Waals surface area contributed by atoms with Crippen molar-refractivity contribution in [3.63, 3.8) is 0 Å². The van der Waals surface area contributed by atoms with Crippen LogP contribution in [0.15, 0.2) is 23.1 Å². The third-order valence-electron chi connectivity index (χ3n) is 2.21. The van der Waals surface area contributed by atoms with Gasteiger partial charge in [0.1, 0.15) is 0 Å². The van der Waals surface area contributed by atoms with E-state index in [1.165, 1.54) is 4.90 Å². The van der Waals surface area contributed by atoms with E-state index in [0.717, 1.165) is 17.7 Å². The molecule has 2 rings (SSSR count). The highest BCUT2D eigenvalue weighted by atomic mass is 32.2. The van der Waals surface area contributed by atoms with E-state index in [2.05, 4.69) is 11.4 Å². The van der Waals surface area contributed by atoms with E-state index >= 15 is 0 Å². The van der Waals surface area contributed by atoms with Gasteiger partial charge < -0.3 is 5.32 Å². The van der Waals surface area contributed by atoms with Crippen molar-refractivity contribution in [3.8, 4) is 0 Å². The largest absolute Gasteiger partial charge is 0.306 e. The molecule has 2 nitrogen and oxygen atoms in total. The molecule has 0 aromatic heterocycles. The number of carbonyl (C=O) groups excluding carboxylic acids is 1. The maximum atomic E-state index is 11.4. The molecule has 0 fully saturated rings. The summed E-state index contributed by atoms with van der Waals surface area (Å²) < 4.78 is 0. The van der Waals surface area contributed by atoms with Crippen LogP contribution in [0, 0.1) is 0 Å². The SMILES string of the molecule is CSc1ccc2c(c1)CNCC2=O. The number of Topliss-reactive ketones (excluding diaryl/α,β-unsaturated/α-hetero) is 1. The molecule has 0 aliphatic carbocycles. The van der Waals surface area contributed by atoms with E-state index in [-0.39, 0.29) is 5.78 Å². The van der Waals surface area contributed by atoms with Crippen LogP contribution in [-0.4, -0.2) is 18.6 Å². The molecular weight excluding hydrogens is 182 g/mol. The van der Waals surface area contributed by atoms with Gasteiger partial charge in [-0.1, -0.05) is 0 Å². The smallest absolute Gasteiger partial charge is 0.176 e. The number of hydrogen-bond acceptors (Lipinski definition) is 3. The molecule has 13 heavy (non-hydrogen) atoms. The first-order valence-corrected chi connectivity index (χ1v) is 5.44. The van der Waals surface area contributed by atoms with Crippen LogP contribution in [0.25, 0.3) is 0 Å². The Balaban J connectivity index is 2.45. The van der Waals surface area contributed by atoms with E-state index in [9.17, 15) is 4.79 Å². The van der Waals surface area contributed by atoms with Crippen LogP contribution < -0.4 is 5.32 Å². The number of carbonyl (C=O) groups is 1. The summed E-state index contributed by atoms with van der Waals surface area (Å²) in [6.45, 7) is 1.29. The molecule has 1 aromatic carbocycles. The quantitative estimate of drug-likeness (QED) is 0.688.